The molecule has 2 heterocycles. The third-order valence-electron chi connectivity index (χ3n) is 3.71. The predicted octanol–water partition coefficient (Wildman–Crippen LogP) is 0.606. The molecule has 2 rings (SSSR count). The summed E-state index contributed by atoms with van der Waals surface area (Å²) in [6.07, 6.45) is 2.01. The lowest BCUT2D eigenvalue weighted by atomic mass is 9.89. The summed E-state index contributed by atoms with van der Waals surface area (Å²) in [5, 5.41) is 8.88. The van der Waals surface area contributed by atoms with E-state index in [4.69, 9.17) is 5.11 Å². The van der Waals surface area contributed by atoms with Crippen LogP contribution in [0.25, 0.3) is 0 Å². The number of aryl methyl sites for hydroxylation is 1. The lowest BCUT2D eigenvalue weighted by Crippen LogP contribution is -2.54. The molecule has 1 aliphatic heterocycles. The number of carboxylic acids is 1. The molecule has 1 saturated heterocycles. The molecule has 0 saturated carbocycles. The highest BCUT2D eigenvalue weighted by molar-refractivity contribution is 7.89. The third-order valence-corrected chi connectivity index (χ3v) is 5.51. The van der Waals surface area contributed by atoms with Crippen molar-refractivity contribution < 1.29 is 18.3 Å². The maximum Gasteiger partial charge on any atom is 0.306 e. The Labute approximate surface area is 118 Å². The van der Waals surface area contributed by atoms with Crippen LogP contribution < -0.4 is 0 Å². The van der Waals surface area contributed by atoms with Crippen LogP contribution in [0.3, 0.4) is 0 Å². The Bertz CT molecular complexity index is 567. The van der Waals surface area contributed by atoms with Gasteiger partial charge < -0.3 is 5.11 Å². The minimum absolute atomic E-state index is 0.0121. The van der Waals surface area contributed by atoms with Gasteiger partial charge in [-0.3, -0.25) is 9.78 Å². The monoisotopic (exact) mass is 298 g/mol. The van der Waals surface area contributed by atoms with Crippen LogP contribution in [0.5, 0.6) is 0 Å². The summed E-state index contributed by atoms with van der Waals surface area (Å²) in [6.45, 7) is 2.22. The Morgan fingerprint density at radius 1 is 1.50 bits per heavy atom. The van der Waals surface area contributed by atoms with Crippen molar-refractivity contribution in [1.29, 1.82) is 0 Å². The topological polar surface area (TPSA) is 87.6 Å². The number of sulfonamides is 1. The first-order valence-corrected chi connectivity index (χ1v) is 8.11. The molecule has 1 aliphatic rings. The van der Waals surface area contributed by atoms with Crippen molar-refractivity contribution in [1.82, 2.24) is 9.29 Å². The Kier molecular flexibility index (Phi) is 4.39. The lowest BCUT2D eigenvalue weighted by Gasteiger charge is -2.40. The first kappa shape index (κ1) is 14.9. The van der Waals surface area contributed by atoms with Crippen LogP contribution in [0.1, 0.15) is 12.6 Å². The fourth-order valence-corrected chi connectivity index (χ4v) is 3.69. The number of carboxylic acid groups (broad SMARTS) is 1. The Balaban J connectivity index is 1.86. The van der Waals surface area contributed by atoms with Gasteiger partial charge in [0.15, 0.2) is 0 Å². The summed E-state index contributed by atoms with van der Waals surface area (Å²) in [4.78, 5) is 14.9. The summed E-state index contributed by atoms with van der Waals surface area (Å²) >= 11 is 0. The van der Waals surface area contributed by atoms with E-state index in [0.29, 0.717) is 19.5 Å². The number of hydrogen-bond donors (Lipinski definition) is 1. The molecule has 1 aromatic rings. The van der Waals surface area contributed by atoms with Gasteiger partial charge in [-0.25, -0.2) is 12.7 Å². The van der Waals surface area contributed by atoms with Gasteiger partial charge in [-0.1, -0.05) is 13.0 Å². The molecule has 6 nitrogen and oxygen atoms in total. The zero-order valence-electron chi connectivity index (χ0n) is 11.3. The first-order valence-electron chi connectivity index (χ1n) is 6.50. The quantitative estimate of drug-likeness (QED) is 0.831. The number of carbonyl (C=O) groups is 1. The van der Waals surface area contributed by atoms with Gasteiger partial charge in [0.1, 0.15) is 0 Å². The van der Waals surface area contributed by atoms with E-state index in [1.165, 1.54) is 4.31 Å². The smallest absolute Gasteiger partial charge is 0.306 e. The van der Waals surface area contributed by atoms with E-state index in [-0.39, 0.29) is 11.7 Å². The predicted molar refractivity (Wildman–Crippen MR) is 73.6 cm³/mol. The van der Waals surface area contributed by atoms with Gasteiger partial charge >= 0.3 is 5.97 Å². The highest BCUT2D eigenvalue weighted by atomic mass is 32.2. The molecule has 1 aromatic heterocycles. The van der Waals surface area contributed by atoms with E-state index in [9.17, 15) is 13.2 Å². The molecule has 0 radical (unpaired) electrons. The highest BCUT2D eigenvalue weighted by Crippen LogP contribution is 2.26. The summed E-state index contributed by atoms with van der Waals surface area (Å²) in [6, 6.07) is 5.40. The fourth-order valence-electron chi connectivity index (χ4n) is 2.12. The molecule has 0 bridgehead atoms. The summed E-state index contributed by atoms with van der Waals surface area (Å²) in [7, 11) is -3.31. The van der Waals surface area contributed by atoms with Gasteiger partial charge in [0.25, 0.3) is 0 Å². The Morgan fingerprint density at radius 2 is 2.20 bits per heavy atom. The van der Waals surface area contributed by atoms with Gasteiger partial charge in [0.05, 0.1) is 11.7 Å². The number of hydrogen-bond acceptors (Lipinski definition) is 4. The standard InChI is InChI=1S/C13H18N2O4S/c1-10(13(16)17)11-8-15(9-11)20(18,19)7-5-12-4-2-3-6-14-12/h2-4,6,10-11H,5,7-9H2,1H3,(H,16,17). The average molecular weight is 298 g/mol. The molecule has 1 fully saturated rings. The van der Waals surface area contributed by atoms with E-state index in [0.717, 1.165) is 5.69 Å². The molecule has 1 unspecified atom stereocenters. The summed E-state index contributed by atoms with van der Waals surface area (Å²) in [5.41, 5.74) is 0.743. The van der Waals surface area contributed by atoms with Crippen LogP contribution in [-0.4, -0.2) is 47.6 Å². The second kappa shape index (κ2) is 5.88. The zero-order chi connectivity index (χ0) is 14.8. The van der Waals surface area contributed by atoms with Crippen LogP contribution in [0, 0.1) is 11.8 Å². The van der Waals surface area contributed by atoms with E-state index in [2.05, 4.69) is 4.98 Å². The first-order chi connectivity index (χ1) is 9.40. The van der Waals surface area contributed by atoms with Crippen molar-refractivity contribution >= 4 is 16.0 Å². The molecular formula is C13H18N2O4S. The highest BCUT2D eigenvalue weighted by Gasteiger charge is 2.40. The molecule has 0 aromatic carbocycles. The Morgan fingerprint density at radius 3 is 2.75 bits per heavy atom. The van der Waals surface area contributed by atoms with E-state index < -0.39 is 21.9 Å². The van der Waals surface area contributed by atoms with Crippen LogP contribution in [0.15, 0.2) is 24.4 Å². The molecule has 0 amide bonds. The number of rotatable bonds is 6. The van der Waals surface area contributed by atoms with Gasteiger partial charge in [-0.05, 0) is 18.1 Å². The molecular weight excluding hydrogens is 280 g/mol. The average Bonchev–Trinajstić information content (AvgIpc) is 2.35. The molecule has 0 aliphatic carbocycles. The Hall–Kier alpha value is -1.47. The fraction of sp³-hybridized carbons (Fsp3) is 0.538. The molecule has 1 atom stereocenters. The van der Waals surface area contributed by atoms with Gasteiger partial charge in [-0.2, -0.15) is 0 Å². The van der Waals surface area contributed by atoms with Crippen molar-refractivity contribution in [2.45, 2.75) is 13.3 Å². The number of nitrogens with zero attached hydrogens (tertiary/aromatic N) is 2. The minimum Gasteiger partial charge on any atom is -0.481 e. The maximum absolute atomic E-state index is 12.1. The van der Waals surface area contributed by atoms with Crippen LogP contribution in [0.4, 0.5) is 0 Å². The zero-order valence-corrected chi connectivity index (χ0v) is 12.1. The SMILES string of the molecule is CC(C(=O)O)C1CN(S(=O)(=O)CCc2ccccn2)C1. The molecule has 110 valence electrons. The number of aromatic nitrogens is 1. The van der Waals surface area contributed by atoms with E-state index in [1.54, 1.807) is 25.3 Å². The van der Waals surface area contributed by atoms with Crippen molar-refractivity contribution in [2.24, 2.45) is 11.8 Å². The third kappa shape index (κ3) is 3.34. The van der Waals surface area contributed by atoms with Gasteiger partial charge in [0.2, 0.25) is 10.0 Å². The van der Waals surface area contributed by atoms with Crippen LogP contribution >= 0.6 is 0 Å². The van der Waals surface area contributed by atoms with E-state index in [1.807, 2.05) is 6.07 Å². The number of aliphatic carboxylic acids is 1. The number of pyridine rings is 1. The van der Waals surface area contributed by atoms with Crippen molar-refractivity contribution in [3.05, 3.63) is 30.1 Å². The molecule has 7 heteroatoms. The second-order valence-corrected chi connectivity index (χ2v) is 7.18. The van der Waals surface area contributed by atoms with Crippen LogP contribution in [-0.2, 0) is 21.2 Å². The minimum atomic E-state index is -3.31. The summed E-state index contributed by atoms with van der Waals surface area (Å²) < 4.78 is 25.5. The van der Waals surface area contributed by atoms with Crippen molar-refractivity contribution in [3.8, 4) is 0 Å². The van der Waals surface area contributed by atoms with Gasteiger partial charge in [-0.15, -0.1) is 0 Å². The maximum atomic E-state index is 12.1. The lowest BCUT2D eigenvalue weighted by molar-refractivity contribution is -0.144. The summed E-state index contributed by atoms with van der Waals surface area (Å²) in [5.74, 6) is -1.45. The molecule has 0 spiro atoms. The van der Waals surface area contributed by atoms with Gasteiger partial charge in [0, 0.05) is 31.4 Å². The van der Waals surface area contributed by atoms with Crippen molar-refractivity contribution in [3.63, 3.8) is 0 Å². The largest absolute Gasteiger partial charge is 0.481 e. The van der Waals surface area contributed by atoms with Crippen molar-refractivity contribution in [2.75, 3.05) is 18.8 Å². The molecule has 20 heavy (non-hydrogen) atoms. The van der Waals surface area contributed by atoms with Crippen LogP contribution in [0.2, 0.25) is 0 Å². The molecule has 1 N–H and O–H groups in total. The normalized spacial score (nSPS) is 18.4. The van der Waals surface area contributed by atoms with E-state index >= 15 is 0 Å². The second-order valence-electron chi connectivity index (χ2n) is 5.09.